The lowest BCUT2D eigenvalue weighted by molar-refractivity contribution is -0.118. The zero-order valence-electron chi connectivity index (χ0n) is 15.8. The molecule has 0 unspecified atom stereocenters. The molecule has 1 aromatic carbocycles. The van der Waals surface area contributed by atoms with E-state index in [9.17, 15) is 13.2 Å². The van der Waals surface area contributed by atoms with E-state index in [1.165, 1.54) is 6.20 Å². The largest absolute Gasteiger partial charge is 0.353 e. The molecule has 0 bridgehead atoms. The van der Waals surface area contributed by atoms with Gasteiger partial charge in [0.25, 0.3) is 10.0 Å². The number of carbonyl (C=O) groups is 1. The SMILES string of the molecule is Cc1cc(C)c(S(=O)(=O)Nc2ccc(N3CCN(C=O)CC3)nc2)c(C)c1. The molecule has 0 spiro atoms. The van der Waals surface area contributed by atoms with Crippen LogP contribution in [-0.2, 0) is 14.8 Å². The van der Waals surface area contributed by atoms with Crippen LogP contribution < -0.4 is 9.62 Å². The number of rotatable bonds is 5. The fourth-order valence-corrected chi connectivity index (χ4v) is 4.99. The summed E-state index contributed by atoms with van der Waals surface area (Å²) >= 11 is 0. The number of benzene rings is 1. The molecule has 1 amide bonds. The van der Waals surface area contributed by atoms with Crippen molar-refractivity contribution in [2.75, 3.05) is 35.8 Å². The summed E-state index contributed by atoms with van der Waals surface area (Å²) in [6, 6.07) is 7.23. The Balaban J connectivity index is 1.76. The molecule has 8 heteroatoms. The van der Waals surface area contributed by atoms with Crippen molar-refractivity contribution < 1.29 is 13.2 Å². The van der Waals surface area contributed by atoms with Gasteiger partial charge in [-0.25, -0.2) is 13.4 Å². The van der Waals surface area contributed by atoms with Crippen LogP contribution in [0.25, 0.3) is 0 Å². The number of nitrogens with one attached hydrogen (secondary N) is 1. The van der Waals surface area contributed by atoms with Crippen molar-refractivity contribution in [1.29, 1.82) is 0 Å². The second-order valence-electron chi connectivity index (χ2n) is 6.87. The van der Waals surface area contributed by atoms with Crippen molar-refractivity contribution in [3.8, 4) is 0 Å². The minimum absolute atomic E-state index is 0.308. The van der Waals surface area contributed by atoms with E-state index >= 15 is 0 Å². The monoisotopic (exact) mass is 388 g/mol. The number of piperazine rings is 1. The first kappa shape index (κ1) is 19.2. The molecule has 1 aromatic heterocycles. The molecule has 0 radical (unpaired) electrons. The fraction of sp³-hybridized carbons (Fsp3) is 0.368. The van der Waals surface area contributed by atoms with E-state index in [2.05, 4.69) is 14.6 Å². The molecule has 1 N–H and O–H groups in total. The summed E-state index contributed by atoms with van der Waals surface area (Å²) in [5.41, 5.74) is 2.89. The van der Waals surface area contributed by atoms with E-state index in [4.69, 9.17) is 0 Å². The molecule has 0 atom stereocenters. The van der Waals surface area contributed by atoms with Gasteiger partial charge in [-0.15, -0.1) is 0 Å². The Morgan fingerprint density at radius 2 is 1.67 bits per heavy atom. The Bertz CT molecular complexity index is 911. The van der Waals surface area contributed by atoms with E-state index in [1.54, 1.807) is 30.9 Å². The third-order valence-electron chi connectivity index (χ3n) is 4.66. The van der Waals surface area contributed by atoms with Gasteiger partial charge >= 0.3 is 0 Å². The van der Waals surface area contributed by atoms with Gasteiger partial charge in [-0.05, 0) is 44.0 Å². The van der Waals surface area contributed by atoms with Crippen LogP contribution in [0.5, 0.6) is 0 Å². The molecule has 27 heavy (non-hydrogen) atoms. The van der Waals surface area contributed by atoms with Crippen molar-refractivity contribution in [2.24, 2.45) is 0 Å². The molecule has 0 saturated carbocycles. The summed E-state index contributed by atoms with van der Waals surface area (Å²) < 4.78 is 28.3. The van der Waals surface area contributed by atoms with Crippen LogP contribution >= 0.6 is 0 Å². The van der Waals surface area contributed by atoms with E-state index < -0.39 is 10.0 Å². The maximum Gasteiger partial charge on any atom is 0.262 e. The third-order valence-corrected chi connectivity index (χ3v) is 6.35. The minimum Gasteiger partial charge on any atom is -0.353 e. The summed E-state index contributed by atoms with van der Waals surface area (Å²) in [4.78, 5) is 19.3. The Labute approximate surface area is 160 Å². The molecule has 3 rings (SSSR count). The number of hydrogen-bond donors (Lipinski definition) is 1. The quantitative estimate of drug-likeness (QED) is 0.793. The van der Waals surface area contributed by atoms with Gasteiger partial charge in [0.1, 0.15) is 5.82 Å². The second kappa shape index (κ2) is 7.56. The number of amides is 1. The Kier molecular flexibility index (Phi) is 5.36. The number of carbonyl (C=O) groups excluding carboxylic acids is 1. The average molecular weight is 388 g/mol. The molecule has 1 aliphatic heterocycles. The van der Waals surface area contributed by atoms with E-state index in [0.29, 0.717) is 36.8 Å². The Morgan fingerprint density at radius 3 is 2.19 bits per heavy atom. The predicted octanol–water partition coefficient (Wildman–Crippen LogP) is 2.09. The summed E-state index contributed by atoms with van der Waals surface area (Å²) in [7, 11) is -3.69. The normalized spacial score (nSPS) is 14.9. The van der Waals surface area contributed by atoms with E-state index in [0.717, 1.165) is 28.9 Å². The van der Waals surface area contributed by atoms with Gasteiger partial charge in [-0.2, -0.15) is 0 Å². The molecule has 7 nitrogen and oxygen atoms in total. The van der Waals surface area contributed by atoms with Crippen molar-refractivity contribution >= 4 is 27.9 Å². The Hall–Kier alpha value is -2.61. The third kappa shape index (κ3) is 4.21. The molecule has 0 aliphatic carbocycles. The zero-order chi connectivity index (χ0) is 19.6. The lowest BCUT2D eigenvalue weighted by Gasteiger charge is -2.33. The summed E-state index contributed by atoms with van der Waals surface area (Å²) in [5.74, 6) is 0.770. The average Bonchev–Trinajstić information content (AvgIpc) is 2.61. The molecule has 144 valence electrons. The van der Waals surface area contributed by atoms with Gasteiger partial charge in [0.05, 0.1) is 16.8 Å². The van der Waals surface area contributed by atoms with Crippen LogP contribution in [-0.4, -0.2) is 50.9 Å². The maximum absolute atomic E-state index is 12.8. The summed E-state index contributed by atoms with van der Waals surface area (Å²) in [5, 5.41) is 0. The molecule has 2 aromatic rings. The summed E-state index contributed by atoms with van der Waals surface area (Å²) in [6.45, 7) is 8.28. The number of aryl methyl sites for hydroxylation is 3. The van der Waals surface area contributed by atoms with E-state index in [-0.39, 0.29) is 0 Å². The van der Waals surface area contributed by atoms with Gasteiger partial charge < -0.3 is 9.80 Å². The molecule has 1 fully saturated rings. The van der Waals surface area contributed by atoms with Crippen LogP contribution in [0.1, 0.15) is 16.7 Å². The van der Waals surface area contributed by atoms with Crippen molar-refractivity contribution in [3.05, 3.63) is 47.2 Å². The highest BCUT2D eigenvalue weighted by molar-refractivity contribution is 7.92. The molecular formula is C19H24N4O3S. The molecule has 1 aliphatic rings. The number of hydrogen-bond acceptors (Lipinski definition) is 5. The Morgan fingerprint density at radius 1 is 1.04 bits per heavy atom. The van der Waals surface area contributed by atoms with Crippen molar-refractivity contribution in [2.45, 2.75) is 25.7 Å². The van der Waals surface area contributed by atoms with Gasteiger partial charge in [0.15, 0.2) is 0 Å². The maximum atomic E-state index is 12.8. The second-order valence-corrected chi connectivity index (χ2v) is 8.49. The van der Waals surface area contributed by atoms with Crippen LogP contribution in [0.2, 0.25) is 0 Å². The number of pyridine rings is 1. The molecular weight excluding hydrogens is 364 g/mol. The molecule has 2 heterocycles. The number of aromatic nitrogens is 1. The first-order valence-electron chi connectivity index (χ1n) is 8.81. The number of anilines is 2. The zero-order valence-corrected chi connectivity index (χ0v) is 16.6. The molecule has 1 saturated heterocycles. The lowest BCUT2D eigenvalue weighted by atomic mass is 10.1. The lowest BCUT2D eigenvalue weighted by Crippen LogP contribution is -2.46. The highest BCUT2D eigenvalue weighted by Gasteiger charge is 2.21. The fourth-order valence-electron chi connectivity index (χ4n) is 3.49. The summed E-state index contributed by atoms with van der Waals surface area (Å²) in [6.07, 6.45) is 2.38. The number of nitrogens with zero attached hydrogens (tertiary/aromatic N) is 3. The van der Waals surface area contributed by atoms with E-state index in [1.807, 2.05) is 19.1 Å². The van der Waals surface area contributed by atoms with Crippen LogP contribution in [0, 0.1) is 20.8 Å². The van der Waals surface area contributed by atoms with Crippen LogP contribution in [0.3, 0.4) is 0 Å². The van der Waals surface area contributed by atoms with Gasteiger partial charge in [0, 0.05) is 26.2 Å². The van der Waals surface area contributed by atoms with Crippen LogP contribution in [0.15, 0.2) is 35.4 Å². The smallest absolute Gasteiger partial charge is 0.262 e. The minimum atomic E-state index is -3.69. The standard InChI is InChI=1S/C19H24N4O3S/c1-14-10-15(2)19(16(3)11-14)27(25,26)21-17-4-5-18(20-12-17)23-8-6-22(13-24)7-9-23/h4-5,10-13,21H,6-9H2,1-3H3. The highest BCUT2D eigenvalue weighted by atomic mass is 32.2. The first-order chi connectivity index (χ1) is 12.8. The first-order valence-corrected chi connectivity index (χ1v) is 10.3. The van der Waals surface area contributed by atoms with Gasteiger partial charge in [-0.3, -0.25) is 9.52 Å². The topological polar surface area (TPSA) is 82.6 Å². The van der Waals surface area contributed by atoms with Crippen molar-refractivity contribution in [1.82, 2.24) is 9.88 Å². The van der Waals surface area contributed by atoms with Crippen LogP contribution in [0.4, 0.5) is 11.5 Å². The van der Waals surface area contributed by atoms with Gasteiger partial charge in [-0.1, -0.05) is 17.7 Å². The van der Waals surface area contributed by atoms with Gasteiger partial charge in [0.2, 0.25) is 6.41 Å². The predicted molar refractivity (Wildman–Crippen MR) is 106 cm³/mol. The highest BCUT2D eigenvalue weighted by Crippen LogP contribution is 2.25. The van der Waals surface area contributed by atoms with Crippen molar-refractivity contribution in [3.63, 3.8) is 0 Å². The number of sulfonamides is 1.